The number of nitrogens with zero attached hydrogens (tertiary/aromatic N) is 4. The molecule has 7 nitrogen and oxygen atoms in total. The summed E-state index contributed by atoms with van der Waals surface area (Å²) in [5, 5.41) is 2.73. The molecule has 0 spiro atoms. The summed E-state index contributed by atoms with van der Waals surface area (Å²) in [4.78, 5) is 20.1. The molecule has 1 N–H and O–H groups in total. The fourth-order valence-electron chi connectivity index (χ4n) is 1.82. The van der Waals surface area contributed by atoms with Crippen molar-refractivity contribution in [2.75, 3.05) is 0 Å². The number of aromatic nitrogens is 4. The molecule has 0 aliphatic carbocycles. The first-order valence-corrected chi connectivity index (χ1v) is 6.77. The van der Waals surface area contributed by atoms with Gasteiger partial charge in [-0.15, -0.1) is 0 Å². The Hall–Kier alpha value is -2.31. The molecule has 0 atom stereocenters. The summed E-state index contributed by atoms with van der Waals surface area (Å²) in [6.45, 7) is 6.46. The van der Waals surface area contributed by atoms with E-state index in [4.69, 9.17) is 4.74 Å². The van der Waals surface area contributed by atoms with E-state index >= 15 is 0 Å². The molecule has 0 radical (unpaired) electrons. The fourth-order valence-corrected chi connectivity index (χ4v) is 1.82. The van der Waals surface area contributed by atoms with Gasteiger partial charge in [-0.2, -0.15) is 0 Å². The lowest BCUT2D eigenvalue weighted by atomic mass is 10.2. The summed E-state index contributed by atoms with van der Waals surface area (Å²) in [7, 11) is 1.94. The van der Waals surface area contributed by atoms with Gasteiger partial charge < -0.3 is 19.2 Å². The van der Waals surface area contributed by atoms with Crippen molar-refractivity contribution in [3.63, 3.8) is 0 Å². The Labute approximate surface area is 124 Å². The van der Waals surface area contributed by atoms with Crippen LogP contribution in [-0.4, -0.2) is 30.8 Å². The minimum Gasteiger partial charge on any atom is -0.444 e. The molecular weight excluding hydrogens is 270 g/mol. The maximum Gasteiger partial charge on any atom is 0.407 e. The average molecular weight is 291 g/mol. The van der Waals surface area contributed by atoms with Gasteiger partial charge in [0.1, 0.15) is 11.4 Å². The Balaban J connectivity index is 1.95. The second kappa shape index (κ2) is 5.99. The highest BCUT2D eigenvalue weighted by Crippen LogP contribution is 2.08. The molecule has 0 saturated heterocycles. The minimum atomic E-state index is -0.503. The number of hydrogen-bond acceptors (Lipinski definition) is 4. The van der Waals surface area contributed by atoms with Crippen LogP contribution in [0.25, 0.3) is 0 Å². The summed E-state index contributed by atoms with van der Waals surface area (Å²) in [5.41, 5.74) is 0.390. The summed E-state index contributed by atoms with van der Waals surface area (Å²) >= 11 is 0. The first kappa shape index (κ1) is 15.1. The molecule has 2 heterocycles. The Kier molecular flexibility index (Phi) is 4.30. The van der Waals surface area contributed by atoms with Crippen LogP contribution in [0.3, 0.4) is 0 Å². The smallest absolute Gasteiger partial charge is 0.407 e. The monoisotopic (exact) mass is 291 g/mol. The predicted octanol–water partition coefficient (Wildman–Crippen LogP) is 1.69. The third-order valence-corrected chi connectivity index (χ3v) is 2.84. The van der Waals surface area contributed by atoms with Crippen molar-refractivity contribution >= 4 is 6.09 Å². The lowest BCUT2D eigenvalue weighted by Gasteiger charge is -2.19. The van der Waals surface area contributed by atoms with Gasteiger partial charge in [-0.25, -0.2) is 14.8 Å². The van der Waals surface area contributed by atoms with Gasteiger partial charge in [0, 0.05) is 25.6 Å². The highest BCUT2D eigenvalue weighted by atomic mass is 16.6. The number of nitrogens with one attached hydrogen (secondary N) is 1. The fraction of sp³-hybridized carbons (Fsp3) is 0.500. The van der Waals surface area contributed by atoms with Gasteiger partial charge in [0.15, 0.2) is 0 Å². The molecule has 0 saturated carbocycles. The minimum absolute atomic E-state index is 0.360. The molecule has 1 amide bonds. The van der Waals surface area contributed by atoms with Crippen molar-refractivity contribution in [2.24, 2.45) is 7.05 Å². The van der Waals surface area contributed by atoms with E-state index in [0.29, 0.717) is 13.1 Å². The summed E-state index contributed by atoms with van der Waals surface area (Å²) in [6, 6.07) is 0. The number of aryl methyl sites for hydroxylation is 1. The van der Waals surface area contributed by atoms with E-state index in [-0.39, 0.29) is 0 Å². The average Bonchev–Trinajstić information content (AvgIpc) is 2.95. The Morgan fingerprint density at radius 1 is 1.43 bits per heavy atom. The van der Waals surface area contributed by atoms with Gasteiger partial charge in [-0.1, -0.05) is 0 Å². The van der Waals surface area contributed by atoms with E-state index in [2.05, 4.69) is 15.3 Å². The molecule has 114 valence electrons. The molecule has 0 bridgehead atoms. The van der Waals surface area contributed by atoms with E-state index < -0.39 is 11.7 Å². The lowest BCUT2D eigenvalue weighted by Crippen LogP contribution is -2.32. The van der Waals surface area contributed by atoms with Crippen LogP contribution in [0.15, 0.2) is 24.9 Å². The van der Waals surface area contributed by atoms with Crippen molar-refractivity contribution in [1.82, 2.24) is 24.4 Å². The van der Waals surface area contributed by atoms with E-state index in [0.717, 1.165) is 11.5 Å². The van der Waals surface area contributed by atoms with Gasteiger partial charge in [0.25, 0.3) is 0 Å². The number of alkyl carbamates (subject to hydrolysis) is 1. The molecule has 7 heteroatoms. The number of carbonyl (C=O) groups excluding carboxylic acids is 1. The molecule has 0 aromatic carbocycles. The normalized spacial score (nSPS) is 11.4. The van der Waals surface area contributed by atoms with Crippen LogP contribution in [0, 0.1) is 0 Å². The number of carbonyl (C=O) groups is 1. The Bertz CT molecular complexity index is 609. The van der Waals surface area contributed by atoms with Gasteiger partial charge in [-0.3, -0.25) is 0 Å². The van der Waals surface area contributed by atoms with Gasteiger partial charge in [-0.05, 0) is 20.8 Å². The largest absolute Gasteiger partial charge is 0.444 e. The highest BCUT2D eigenvalue weighted by Gasteiger charge is 2.16. The molecule has 0 aliphatic heterocycles. The lowest BCUT2D eigenvalue weighted by molar-refractivity contribution is 0.0522. The second-order valence-corrected chi connectivity index (χ2v) is 5.82. The van der Waals surface area contributed by atoms with Crippen molar-refractivity contribution < 1.29 is 9.53 Å². The number of amides is 1. The maximum atomic E-state index is 11.7. The van der Waals surface area contributed by atoms with Crippen molar-refractivity contribution in [3.05, 3.63) is 36.4 Å². The van der Waals surface area contributed by atoms with Gasteiger partial charge >= 0.3 is 6.09 Å². The molecule has 2 aromatic rings. The standard InChI is InChI=1S/C14H21N5O2/c1-14(2,3)21-13(20)17-8-11-7-15-10-19(11)9-12-16-5-6-18(12)4/h5-7,10H,8-9H2,1-4H3,(H,17,20). The predicted molar refractivity (Wildman–Crippen MR) is 77.6 cm³/mol. The zero-order valence-corrected chi connectivity index (χ0v) is 12.8. The van der Waals surface area contributed by atoms with Crippen LogP contribution in [0.2, 0.25) is 0 Å². The molecule has 2 rings (SSSR count). The number of rotatable bonds is 4. The van der Waals surface area contributed by atoms with Crippen LogP contribution in [0.5, 0.6) is 0 Å². The first-order valence-electron chi connectivity index (χ1n) is 6.77. The van der Waals surface area contributed by atoms with Gasteiger partial charge in [0.05, 0.1) is 25.1 Å². The zero-order valence-electron chi connectivity index (χ0n) is 12.8. The third kappa shape index (κ3) is 4.34. The summed E-state index contributed by atoms with van der Waals surface area (Å²) < 4.78 is 9.10. The topological polar surface area (TPSA) is 74.0 Å². The summed E-state index contributed by atoms with van der Waals surface area (Å²) in [5.74, 6) is 0.923. The van der Waals surface area contributed by atoms with Crippen LogP contribution in [0.4, 0.5) is 4.79 Å². The number of imidazole rings is 2. The van der Waals surface area contributed by atoms with Crippen LogP contribution in [0.1, 0.15) is 32.3 Å². The first-order chi connectivity index (χ1) is 9.85. The van der Waals surface area contributed by atoms with E-state index in [1.165, 1.54) is 0 Å². The summed E-state index contributed by atoms with van der Waals surface area (Å²) in [6.07, 6.45) is 6.66. The molecule has 2 aromatic heterocycles. The second-order valence-electron chi connectivity index (χ2n) is 5.82. The molecule has 21 heavy (non-hydrogen) atoms. The number of hydrogen-bond donors (Lipinski definition) is 1. The van der Waals surface area contributed by atoms with Crippen LogP contribution in [-0.2, 0) is 24.9 Å². The van der Waals surface area contributed by atoms with E-state index in [1.807, 2.05) is 43.1 Å². The third-order valence-electron chi connectivity index (χ3n) is 2.84. The van der Waals surface area contributed by atoms with E-state index in [1.54, 1.807) is 18.7 Å². The highest BCUT2D eigenvalue weighted by molar-refractivity contribution is 5.67. The van der Waals surface area contributed by atoms with Crippen LogP contribution >= 0.6 is 0 Å². The zero-order chi connectivity index (χ0) is 15.5. The Morgan fingerprint density at radius 2 is 2.19 bits per heavy atom. The quantitative estimate of drug-likeness (QED) is 0.930. The van der Waals surface area contributed by atoms with Crippen molar-refractivity contribution in [3.8, 4) is 0 Å². The van der Waals surface area contributed by atoms with Crippen molar-refractivity contribution in [2.45, 2.75) is 39.5 Å². The molecular formula is C14H21N5O2. The SMILES string of the molecule is Cn1ccnc1Cn1cncc1CNC(=O)OC(C)(C)C. The maximum absolute atomic E-state index is 11.7. The molecule has 0 unspecified atom stereocenters. The Morgan fingerprint density at radius 3 is 2.81 bits per heavy atom. The van der Waals surface area contributed by atoms with E-state index in [9.17, 15) is 4.79 Å². The van der Waals surface area contributed by atoms with Crippen molar-refractivity contribution in [1.29, 1.82) is 0 Å². The van der Waals surface area contributed by atoms with Gasteiger partial charge in [0.2, 0.25) is 0 Å². The number of ether oxygens (including phenoxy) is 1. The molecule has 0 fully saturated rings. The van der Waals surface area contributed by atoms with Crippen LogP contribution < -0.4 is 5.32 Å². The molecule has 0 aliphatic rings.